The number of rotatable bonds is 4. The second-order valence-electron chi connectivity index (χ2n) is 7.02. The summed E-state index contributed by atoms with van der Waals surface area (Å²) in [5, 5.41) is 0. The molecular formula is C21H20F6O2. The molecule has 158 valence electrons. The Balaban J connectivity index is 1.88. The zero-order chi connectivity index (χ0) is 21.2. The van der Waals surface area contributed by atoms with Gasteiger partial charge in [-0.25, -0.2) is 0 Å². The van der Waals surface area contributed by atoms with Gasteiger partial charge in [-0.1, -0.05) is 30.3 Å². The Hall–Kier alpha value is -2.06. The Morgan fingerprint density at radius 2 is 1.52 bits per heavy atom. The van der Waals surface area contributed by atoms with Crippen molar-refractivity contribution in [2.75, 3.05) is 6.61 Å². The second-order valence-corrected chi connectivity index (χ2v) is 7.02. The quantitative estimate of drug-likeness (QED) is 0.513. The van der Waals surface area contributed by atoms with E-state index in [1.807, 2.05) is 30.3 Å². The second kappa shape index (κ2) is 8.36. The maximum absolute atomic E-state index is 13.1. The summed E-state index contributed by atoms with van der Waals surface area (Å²) < 4.78 is 90.1. The first-order chi connectivity index (χ1) is 13.6. The summed E-state index contributed by atoms with van der Waals surface area (Å²) in [6.07, 6.45) is -10.0. The van der Waals surface area contributed by atoms with Crippen molar-refractivity contribution in [2.24, 2.45) is 0 Å². The van der Waals surface area contributed by atoms with Gasteiger partial charge in [0.05, 0.1) is 17.2 Å². The molecule has 8 heteroatoms. The highest BCUT2D eigenvalue weighted by molar-refractivity contribution is 5.34. The van der Waals surface area contributed by atoms with Crippen LogP contribution in [0.4, 0.5) is 26.3 Å². The minimum Gasteiger partial charge on any atom is -0.352 e. The van der Waals surface area contributed by atoms with Gasteiger partial charge >= 0.3 is 12.4 Å². The Labute approximate surface area is 164 Å². The highest BCUT2D eigenvalue weighted by Gasteiger charge is 2.38. The molecule has 0 saturated carbocycles. The summed E-state index contributed by atoms with van der Waals surface area (Å²) in [4.78, 5) is 0. The molecule has 0 spiro atoms. The molecule has 2 nitrogen and oxygen atoms in total. The third kappa shape index (κ3) is 5.30. The van der Waals surface area contributed by atoms with Gasteiger partial charge in [0.2, 0.25) is 0 Å². The molecule has 0 N–H and O–H groups in total. The van der Waals surface area contributed by atoms with Crippen LogP contribution in [0.2, 0.25) is 0 Å². The monoisotopic (exact) mass is 418 g/mol. The van der Waals surface area contributed by atoms with Gasteiger partial charge in [-0.15, -0.1) is 0 Å². The molecule has 0 bridgehead atoms. The average molecular weight is 418 g/mol. The fraction of sp³-hybridized carbons (Fsp3) is 0.429. The first kappa shape index (κ1) is 21.6. The third-order valence-corrected chi connectivity index (χ3v) is 4.92. The van der Waals surface area contributed by atoms with Crippen LogP contribution in [0.1, 0.15) is 54.0 Å². The lowest BCUT2D eigenvalue weighted by molar-refractivity contribution is -0.197. The SMILES string of the molecule is CC(OC1OCCCC1c1ccccc1)c1cc(C(F)(F)F)cc(C(F)(F)F)c1. The van der Waals surface area contributed by atoms with Crippen molar-refractivity contribution >= 4 is 0 Å². The third-order valence-electron chi connectivity index (χ3n) is 4.92. The van der Waals surface area contributed by atoms with Gasteiger partial charge < -0.3 is 9.47 Å². The van der Waals surface area contributed by atoms with Crippen LogP contribution in [0.5, 0.6) is 0 Å². The Bertz CT molecular complexity index is 784. The van der Waals surface area contributed by atoms with E-state index in [-0.39, 0.29) is 17.5 Å². The molecule has 2 aromatic carbocycles. The summed E-state index contributed by atoms with van der Waals surface area (Å²) in [7, 11) is 0. The minimum atomic E-state index is -4.90. The predicted octanol–water partition coefficient (Wildman–Crippen LogP) is 6.72. The van der Waals surface area contributed by atoms with Crippen LogP contribution >= 0.6 is 0 Å². The molecule has 3 atom stereocenters. The van der Waals surface area contributed by atoms with Gasteiger partial charge in [-0.2, -0.15) is 26.3 Å². The van der Waals surface area contributed by atoms with E-state index in [9.17, 15) is 26.3 Å². The van der Waals surface area contributed by atoms with Crippen LogP contribution in [-0.2, 0) is 21.8 Å². The largest absolute Gasteiger partial charge is 0.416 e. The maximum Gasteiger partial charge on any atom is 0.416 e. The fourth-order valence-electron chi connectivity index (χ4n) is 3.41. The lowest BCUT2D eigenvalue weighted by atomic mass is 9.92. The van der Waals surface area contributed by atoms with Gasteiger partial charge in [0.1, 0.15) is 0 Å². The maximum atomic E-state index is 13.1. The van der Waals surface area contributed by atoms with Crippen molar-refractivity contribution in [3.63, 3.8) is 0 Å². The van der Waals surface area contributed by atoms with Gasteiger partial charge in [-0.05, 0) is 49.1 Å². The number of hydrogen-bond acceptors (Lipinski definition) is 2. The molecule has 1 aliphatic rings. The van der Waals surface area contributed by atoms with Crippen LogP contribution in [0.15, 0.2) is 48.5 Å². The summed E-state index contributed by atoms with van der Waals surface area (Å²) in [5.74, 6) is -0.153. The number of halogens is 6. The predicted molar refractivity (Wildman–Crippen MR) is 94.1 cm³/mol. The minimum absolute atomic E-state index is 0.111. The summed E-state index contributed by atoms with van der Waals surface area (Å²) in [5.41, 5.74) is -1.97. The van der Waals surface area contributed by atoms with E-state index >= 15 is 0 Å². The normalized spacial score (nSPS) is 21.8. The van der Waals surface area contributed by atoms with Crippen molar-refractivity contribution < 1.29 is 35.8 Å². The summed E-state index contributed by atoms with van der Waals surface area (Å²) in [6, 6.07) is 10.9. The lowest BCUT2D eigenvalue weighted by Crippen LogP contribution is -2.31. The number of hydrogen-bond donors (Lipinski definition) is 0. The highest BCUT2D eigenvalue weighted by atomic mass is 19.4. The highest BCUT2D eigenvalue weighted by Crippen LogP contribution is 2.39. The van der Waals surface area contributed by atoms with Gasteiger partial charge in [-0.3, -0.25) is 0 Å². The van der Waals surface area contributed by atoms with Crippen LogP contribution in [0.25, 0.3) is 0 Å². The van der Waals surface area contributed by atoms with Crippen LogP contribution in [-0.4, -0.2) is 12.9 Å². The zero-order valence-corrected chi connectivity index (χ0v) is 15.6. The van der Waals surface area contributed by atoms with E-state index in [1.54, 1.807) is 0 Å². The topological polar surface area (TPSA) is 18.5 Å². The van der Waals surface area contributed by atoms with E-state index in [0.29, 0.717) is 18.7 Å². The van der Waals surface area contributed by atoms with Crippen molar-refractivity contribution in [3.05, 3.63) is 70.8 Å². The van der Waals surface area contributed by atoms with Gasteiger partial charge in [0, 0.05) is 12.5 Å². The first-order valence-corrected chi connectivity index (χ1v) is 9.17. The number of ether oxygens (including phenoxy) is 2. The molecule has 2 aromatic rings. The molecule has 0 radical (unpaired) electrons. The Kier molecular flexibility index (Phi) is 6.24. The smallest absolute Gasteiger partial charge is 0.352 e. The van der Waals surface area contributed by atoms with E-state index in [4.69, 9.17) is 9.47 Å². The van der Waals surface area contributed by atoms with Crippen LogP contribution in [0.3, 0.4) is 0 Å². The molecular weight excluding hydrogens is 398 g/mol. The molecule has 3 rings (SSSR count). The van der Waals surface area contributed by atoms with E-state index in [2.05, 4.69) is 0 Å². The standard InChI is InChI=1S/C21H20F6O2/c1-13(15-10-16(20(22,23)24)12-17(11-15)21(25,26)27)29-19-18(8-5-9-28-19)14-6-3-2-4-7-14/h2-4,6-7,10-13,18-19H,5,8-9H2,1H3. The molecule has 0 amide bonds. The van der Waals surface area contributed by atoms with Crippen molar-refractivity contribution in [3.8, 4) is 0 Å². The van der Waals surface area contributed by atoms with Gasteiger partial charge in [0.15, 0.2) is 6.29 Å². The molecule has 1 heterocycles. The van der Waals surface area contributed by atoms with Crippen molar-refractivity contribution in [2.45, 2.75) is 50.4 Å². The average Bonchev–Trinajstić information content (AvgIpc) is 2.67. The Morgan fingerprint density at radius 3 is 2.07 bits per heavy atom. The van der Waals surface area contributed by atoms with E-state index < -0.39 is 35.9 Å². The molecule has 3 unspecified atom stereocenters. The molecule has 1 saturated heterocycles. The van der Waals surface area contributed by atoms with Crippen molar-refractivity contribution in [1.29, 1.82) is 0 Å². The van der Waals surface area contributed by atoms with Crippen LogP contribution in [0, 0.1) is 0 Å². The first-order valence-electron chi connectivity index (χ1n) is 9.17. The van der Waals surface area contributed by atoms with Crippen molar-refractivity contribution in [1.82, 2.24) is 0 Å². The lowest BCUT2D eigenvalue weighted by Gasteiger charge is -2.34. The molecule has 0 aliphatic carbocycles. The molecule has 0 aromatic heterocycles. The van der Waals surface area contributed by atoms with E-state index in [0.717, 1.165) is 18.4 Å². The van der Waals surface area contributed by atoms with Crippen LogP contribution < -0.4 is 0 Å². The summed E-state index contributed by atoms with van der Waals surface area (Å²) >= 11 is 0. The fourth-order valence-corrected chi connectivity index (χ4v) is 3.41. The number of alkyl halides is 6. The number of benzene rings is 2. The Morgan fingerprint density at radius 1 is 0.931 bits per heavy atom. The van der Waals surface area contributed by atoms with Gasteiger partial charge in [0.25, 0.3) is 0 Å². The molecule has 1 aliphatic heterocycles. The molecule has 29 heavy (non-hydrogen) atoms. The molecule has 1 fully saturated rings. The van der Waals surface area contributed by atoms with E-state index in [1.165, 1.54) is 6.92 Å². The zero-order valence-electron chi connectivity index (χ0n) is 15.6. The summed E-state index contributed by atoms with van der Waals surface area (Å²) in [6.45, 7) is 1.84.